The Morgan fingerprint density at radius 3 is 2.52 bits per heavy atom. The van der Waals surface area contributed by atoms with Crippen LogP contribution >= 0.6 is 0 Å². The van der Waals surface area contributed by atoms with Gasteiger partial charge in [0.15, 0.2) is 0 Å². The highest BCUT2D eigenvalue weighted by Crippen LogP contribution is 2.30. The number of carbonyl (C=O) groups excluding carboxylic acids is 2. The van der Waals surface area contributed by atoms with Gasteiger partial charge in [0.05, 0.1) is 19.6 Å². The van der Waals surface area contributed by atoms with E-state index < -0.39 is 0 Å². The van der Waals surface area contributed by atoms with Gasteiger partial charge in [-0.2, -0.15) is 0 Å². The summed E-state index contributed by atoms with van der Waals surface area (Å²) in [5, 5.41) is 2.99. The monoisotopic (exact) mass is 372 g/mol. The smallest absolute Gasteiger partial charge is 0.321 e. The van der Waals surface area contributed by atoms with Gasteiger partial charge in [0.1, 0.15) is 0 Å². The lowest BCUT2D eigenvalue weighted by Gasteiger charge is -2.26. The molecule has 1 N–H and O–H groups in total. The SMILES string of the molecule is CN1CC[C@@H]2CN(C(=O)Nc3ccc(CC(=O)N4CCOCC4)cc3)C[C@@H]21. The van der Waals surface area contributed by atoms with Gasteiger partial charge < -0.3 is 24.8 Å². The minimum absolute atomic E-state index is 0.0325. The van der Waals surface area contributed by atoms with Gasteiger partial charge in [-0.15, -0.1) is 0 Å². The Morgan fingerprint density at radius 1 is 1.07 bits per heavy atom. The maximum absolute atomic E-state index is 12.5. The second-order valence-corrected chi connectivity index (χ2v) is 7.80. The van der Waals surface area contributed by atoms with Crippen molar-refractivity contribution in [2.75, 3.05) is 58.3 Å². The molecule has 146 valence electrons. The highest BCUT2D eigenvalue weighted by Gasteiger charge is 2.41. The summed E-state index contributed by atoms with van der Waals surface area (Å²) in [6.07, 6.45) is 1.56. The number of anilines is 1. The van der Waals surface area contributed by atoms with E-state index in [-0.39, 0.29) is 11.9 Å². The number of rotatable bonds is 3. The third kappa shape index (κ3) is 4.09. The standard InChI is InChI=1S/C20H28N4O3/c1-22-7-6-16-13-24(14-18(16)22)20(26)21-17-4-2-15(3-5-17)12-19(25)23-8-10-27-11-9-23/h2-5,16,18H,6-14H2,1H3,(H,21,26)/t16-,18+/m1/s1. The largest absolute Gasteiger partial charge is 0.378 e. The highest BCUT2D eigenvalue weighted by molar-refractivity contribution is 5.89. The maximum Gasteiger partial charge on any atom is 0.321 e. The summed E-state index contributed by atoms with van der Waals surface area (Å²) in [5.41, 5.74) is 1.73. The second kappa shape index (κ2) is 7.86. The molecule has 7 nitrogen and oxygen atoms in total. The van der Waals surface area contributed by atoms with Crippen LogP contribution in [0.25, 0.3) is 0 Å². The molecule has 0 aromatic heterocycles. The number of amides is 3. The zero-order chi connectivity index (χ0) is 18.8. The fraction of sp³-hybridized carbons (Fsp3) is 0.600. The number of carbonyl (C=O) groups is 2. The molecule has 0 spiro atoms. The molecule has 0 saturated carbocycles. The van der Waals surface area contributed by atoms with Crippen LogP contribution in [0, 0.1) is 5.92 Å². The molecule has 3 aliphatic rings. The molecule has 3 fully saturated rings. The first kappa shape index (κ1) is 18.3. The molecule has 0 bridgehead atoms. The number of urea groups is 1. The molecule has 1 aromatic carbocycles. The number of hydrogen-bond donors (Lipinski definition) is 1. The Bertz CT molecular complexity index is 687. The normalized spacial score (nSPS) is 25.5. The van der Waals surface area contributed by atoms with E-state index in [1.54, 1.807) is 0 Å². The number of morpholine rings is 1. The van der Waals surface area contributed by atoms with Gasteiger partial charge in [-0.25, -0.2) is 4.79 Å². The molecule has 27 heavy (non-hydrogen) atoms. The lowest BCUT2D eigenvalue weighted by Crippen LogP contribution is -2.41. The van der Waals surface area contributed by atoms with Crippen molar-refractivity contribution in [2.24, 2.45) is 5.92 Å². The number of benzene rings is 1. The Morgan fingerprint density at radius 2 is 1.81 bits per heavy atom. The summed E-state index contributed by atoms with van der Waals surface area (Å²) in [7, 11) is 2.14. The van der Waals surface area contributed by atoms with E-state index in [4.69, 9.17) is 4.74 Å². The third-order valence-electron chi connectivity index (χ3n) is 6.04. The van der Waals surface area contributed by atoms with Crippen LogP contribution in [0.4, 0.5) is 10.5 Å². The highest BCUT2D eigenvalue weighted by atomic mass is 16.5. The molecular weight excluding hydrogens is 344 g/mol. The third-order valence-corrected chi connectivity index (χ3v) is 6.04. The molecule has 3 heterocycles. The van der Waals surface area contributed by atoms with Crippen LogP contribution in [-0.4, -0.2) is 85.7 Å². The summed E-state index contributed by atoms with van der Waals surface area (Å²) >= 11 is 0. The van der Waals surface area contributed by atoms with E-state index in [2.05, 4.69) is 17.3 Å². The van der Waals surface area contributed by atoms with Gasteiger partial charge in [-0.1, -0.05) is 12.1 Å². The molecule has 3 amide bonds. The van der Waals surface area contributed by atoms with Crippen LogP contribution in [0.1, 0.15) is 12.0 Å². The van der Waals surface area contributed by atoms with Gasteiger partial charge in [-0.05, 0) is 43.6 Å². The fourth-order valence-corrected chi connectivity index (χ4v) is 4.35. The molecule has 3 aliphatic heterocycles. The summed E-state index contributed by atoms with van der Waals surface area (Å²) in [5.74, 6) is 0.733. The maximum atomic E-state index is 12.5. The van der Waals surface area contributed by atoms with Crippen molar-refractivity contribution in [3.05, 3.63) is 29.8 Å². The Balaban J connectivity index is 1.29. The van der Waals surface area contributed by atoms with E-state index in [0.717, 1.165) is 30.9 Å². The van der Waals surface area contributed by atoms with Gasteiger partial charge >= 0.3 is 6.03 Å². The van der Waals surface area contributed by atoms with Gasteiger partial charge in [-0.3, -0.25) is 4.79 Å². The molecule has 3 saturated heterocycles. The molecule has 7 heteroatoms. The zero-order valence-electron chi connectivity index (χ0n) is 15.9. The van der Waals surface area contributed by atoms with E-state index in [9.17, 15) is 9.59 Å². The van der Waals surface area contributed by atoms with Crippen molar-refractivity contribution in [1.29, 1.82) is 0 Å². The summed E-state index contributed by atoms with van der Waals surface area (Å²) in [6, 6.07) is 8.06. The van der Waals surface area contributed by atoms with Crippen LogP contribution in [0.5, 0.6) is 0 Å². The average Bonchev–Trinajstić information content (AvgIpc) is 3.26. The number of likely N-dealkylation sites (N-methyl/N-ethyl adjacent to an activating group) is 1. The first-order chi connectivity index (χ1) is 13.1. The van der Waals surface area contributed by atoms with Gasteiger partial charge in [0, 0.05) is 37.9 Å². The number of nitrogens with one attached hydrogen (secondary N) is 1. The summed E-state index contributed by atoms with van der Waals surface area (Å²) in [6.45, 7) is 5.34. The lowest BCUT2D eigenvalue weighted by atomic mass is 10.1. The van der Waals surface area contributed by atoms with Crippen molar-refractivity contribution in [3.63, 3.8) is 0 Å². The Hall–Kier alpha value is -2.12. The predicted molar refractivity (Wildman–Crippen MR) is 103 cm³/mol. The van der Waals surface area contributed by atoms with Crippen LogP contribution in [0.15, 0.2) is 24.3 Å². The van der Waals surface area contributed by atoms with E-state index >= 15 is 0 Å². The minimum atomic E-state index is -0.0325. The Kier molecular flexibility index (Phi) is 5.31. The number of ether oxygens (including phenoxy) is 1. The first-order valence-electron chi connectivity index (χ1n) is 9.81. The number of fused-ring (bicyclic) bond motifs is 1. The molecule has 0 radical (unpaired) electrons. The summed E-state index contributed by atoms with van der Waals surface area (Å²) < 4.78 is 5.28. The lowest BCUT2D eigenvalue weighted by molar-refractivity contribution is -0.134. The molecule has 0 unspecified atom stereocenters. The van der Waals surface area contributed by atoms with Crippen molar-refractivity contribution in [1.82, 2.24) is 14.7 Å². The van der Waals surface area contributed by atoms with Gasteiger partial charge in [0.2, 0.25) is 5.91 Å². The number of hydrogen-bond acceptors (Lipinski definition) is 4. The minimum Gasteiger partial charge on any atom is -0.378 e. The van der Waals surface area contributed by atoms with Crippen molar-refractivity contribution in [3.8, 4) is 0 Å². The first-order valence-corrected chi connectivity index (χ1v) is 9.81. The van der Waals surface area contributed by atoms with Crippen LogP contribution in [-0.2, 0) is 16.0 Å². The molecule has 1 aromatic rings. The zero-order valence-corrected chi connectivity index (χ0v) is 15.9. The molecule has 4 rings (SSSR count). The molecule has 0 aliphatic carbocycles. The van der Waals surface area contributed by atoms with Crippen molar-refractivity contribution >= 4 is 17.6 Å². The van der Waals surface area contributed by atoms with E-state index in [1.807, 2.05) is 34.1 Å². The quantitative estimate of drug-likeness (QED) is 0.868. The molecular formula is C20H28N4O3. The second-order valence-electron chi connectivity index (χ2n) is 7.80. The van der Waals surface area contributed by atoms with Crippen LogP contribution < -0.4 is 5.32 Å². The van der Waals surface area contributed by atoms with E-state index in [1.165, 1.54) is 6.42 Å². The van der Waals surface area contributed by atoms with Crippen LogP contribution in [0.2, 0.25) is 0 Å². The Labute approximate surface area is 160 Å². The predicted octanol–water partition coefficient (Wildman–Crippen LogP) is 1.26. The number of likely N-dealkylation sites (tertiary alicyclic amines) is 2. The van der Waals surface area contributed by atoms with Gasteiger partial charge in [0.25, 0.3) is 0 Å². The summed E-state index contributed by atoms with van der Waals surface area (Å²) in [4.78, 5) is 31.0. The molecule has 2 atom stereocenters. The fourth-order valence-electron chi connectivity index (χ4n) is 4.35. The van der Waals surface area contributed by atoms with Crippen molar-refractivity contribution < 1.29 is 14.3 Å². The number of nitrogens with zero attached hydrogens (tertiary/aromatic N) is 3. The topological polar surface area (TPSA) is 65.1 Å². The van der Waals surface area contributed by atoms with E-state index in [0.29, 0.717) is 44.7 Å². The van der Waals surface area contributed by atoms with Crippen LogP contribution in [0.3, 0.4) is 0 Å². The average molecular weight is 372 g/mol. The van der Waals surface area contributed by atoms with Crippen molar-refractivity contribution in [2.45, 2.75) is 18.9 Å².